The summed E-state index contributed by atoms with van der Waals surface area (Å²) in [6.45, 7) is 0.175. The number of carbonyl (C=O) groups is 2. The molecule has 0 aromatic heterocycles. The Morgan fingerprint density at radius 2 is 1.82 bits per heavy atom. The molecule has 0 radical (unpaired) electrons. The van der Waals surface area contributed by atoms with Crippen molar-refractivity contribution in [3.63, 3.8) is 0 Å². The molecular weight excluding hydrogens is 327 g/mol. The van der Waals surface area contributed by atoms with Crippen LogP contribution in [0.3, 0.4) is 0 Å². The molecule has 22 heavy (non-hydrogen) atoms. The number of amides is 2. The van der Waals surface area contributed by atoms with Crippen LogP contribution in [0.2, 0.25) is 10.0 Å². The number of aliphatic hydroxyl groups excluding tert-OH is 1. The molecule has 120 valence electrons. The monoisotopic (exact) mass is 344 g/mol. The van der Waals surface area contributed by atoms with E-state index in [9.17, 15) is 9.59 Å². The summed E-state index contributed by atoms with van der Waals surface area (Å²) in [5.74, 6) is -1.16. The second kappa shape index (κ2) is 7.81. The second-order valence-corrected chi connectivity index (χ2v) is 6.21. The summed E-state index contributed by atoms with van der Waals surface area (Å²) in [4.78, 5) is 23.8. The van der Waals surface area contributed by atoms with Crippen LogP contribution in [0.5, 0.6) is 0 Å². The zero-order valence-corrected chi connectivity index (χ0v) is 13.5. The van der Waals surface area contributed by atoms with Crippen molar-refractivity contribution >= 4 is 40.7 Å². The van der Waals surface area contributed by atoms with Crippen LogP contribution >= 0.6 is 23.2 Å². The summed E-state index contributed by atoms with van der Waals surface area (Å²) in [7, 11) is 0. The Morgan fingerprint density at radius 1 is 1.14 bits per heavy atom. The van der Waals surface area contributed by atoms with Gasteiger partial charge in [0.1, 0.15) is 0 Å². The highest BCUT2D eigenvalue weighted by molar-refractivity contribution is 6.45. The zero-order valence-electron chi connectivity index (χ0n) is 11.9. The fraction of sp³-hybridized carbons (Fsp3) is 0.467. The van der Waals surface area contributed by atoms with Gasteiger partial charge in [-0.05, 0) is 43.7 Å². The predicted molar refractivity (Wildman–Crippen MR) is 86.1 cm³/mol. The first-order valence-corrected chi connectivity index (χ1v) is 7.93. The van der Waals surface area contributed by atoms with Crippen LogP contribution in [0, 0.1) is 5.92 Å². The molecule has 1 aromatic rings. The van der Waals surface area contributed by atoms with Gasteiger partial charge in [-0.25, -0.2) is 0 Å². The van der Waals surface area contributed by atoms with E-state index >= 15 is 0 Å². The van der Waals surface area contributed by atoms with Gasteiger partial charge in [-0.1, -0.05) is 29.3 Å². The van der Waals surface area contributed by atoms with Crippen molar-refractivity contribution in [3.05, 3.63) is 28.2 Å². The van der Waals surface area contributed by atoms with Gasteiger partial charge in [-0.3, -0.25) is 9.59 Å². The van der Waals surface area contributed by atoms with Gasteiger partial charge in [0.15, 0.2) is 0 Å². The van der Waals surface area contributed by atoms with Crippen LogP contribution in [0.15, 0.2) is 18.2 Å². The molecule has 1 aromatic carbocycles. The molecule has 0 saturated heterocycles. The van der Waals surface area contributed by atoms with E-state index in [4.69, 9.17) is 28.3 Å². The molecule has 0 spiro atoms. The van der Waals surface area contributed by atoms with Crippen LogP contribution in [0.1, 0.15) is 25.7 Å². The van der Waals surface area contributed by atoms with E-state index in [0.717, 1.165) is 25.7 Å². The van der Waals surface area contributed by atoms with Crippen LogP contribution in [0.4, 0.5) is 5.69 Å². The second-order valence-electron chi connectivity index (χ2n) is 5.43. The lowest BCUT2D eigenvalue weighted by Gasteiger charge is -2.27. The molecule has 0 heterocycles. The fourth-order valence-corrected chi connectivity index (χ4v) is 2.87. The van der Waals surface area contributed by atoms with E-state index in [1.54, 1.807) is 18.2 Å². The third-order valence-electron chi connectivity index (χ3n) is 3.85. The molecule has 0 bridgehead atoms. The Bertz CT molecular complexity index is 558. The van der Waals surface area contributed by atoms with Gasteiger partial charge in [0.2, 0.25) is 0 Å². The average Bonchev–Trinajstić information content (AvgIpc) is 2.52. The number of hydrogen-bond donors (Lipinski definition) is 3. The normalized spacial score (nSPS) is 21.2. The maximum atomic E-state index is 11.9. The summed E-state index contributed by atoms with van der Waals surface area (Å²) >= 11 is 11.8. The number of hydrogen-bond acceptors (Lipinski definition) is 3. The number of anilines is 1. The third-order valence-corrected chi connectivity index (χ3v) is 4.67. The van der Waals surface area contributed by atoms with Gasteiger partial charge in [0.25, 0.3) is 0 Å². The first-order chi connectivity index (χ1) is 10.5. The molecular formula is C15H18Cl2N2O3. The Labute approximate surface area is 139 Å². The molecule has 7 heteroatoms. The number of rotatable bonds is 3. The van der Waals surface area contributed by atoms with E-state index < -0.39 is 11.8 Å². The minimum absolute atomic E-state index is 0.0316. The molecule has 5 nitrogen and oxygen atoms in total. The highest BCUT2D eigenvalue weighted by atomic mass is 35.5. The van der Waals surface area contributed by atoms with Crippen LogP contribution < -0.4 is 10.6 Å². The molecule has 1 saturated carbocycles. The smallest absolute Gasteiger partial charge is 0.313 e. The maximum Gasteiger partial charge on any atom is 0.313 e. The molecule has 1 fully saturated rings. The van der Waals surface area contributed by atoms with Crippen molar-refractivity contribution in [2.24, 2.45) is 5.92 Å². The van der Waals surface area contributed by atoms with Gasteiger partial charge in [-0.15, -0.1) is 0 Å². The van der Waals surface area contributed by atoms with Crippen molar-refractivity contribution in [2.75, 3.05) is 11.9 Å². The molecule has 0 aliphatic heterocycles. The van der Waals surface area contributed by atoms with Gasteiger partial charge in [-0.2, -0.15) is 0 Å². The van der Waals surface area contributed by atoms with Gasteiger partial charge in [0, 0.05) is 12.6 Å². The SMILES string of the molecule is O=C(Nc1cccc(Cl)c1Cl)C(=O)NC1CCC(CO)CC1. The first-order valence-electron chi connectivity index (χ1n) is 7.18. The largest absolute Gasteiger partial charge is 0.396 e. The predicted octanol–water partition coefficient (Wildman–Crippen LogP) is 2.60. The topological polar surface area (TPSA) is 78.4 Å². The summed E-state index contributed by atoms with van der Waals surface area (Å²) in [6.07, 6.45) is 3.23. The van der Waals surface area contributed by atoms with Gasteiger partial charge < -0.3 is 15.7 Å². The molecule has 1 aliphatic carbocycles. The fourth-order valence-electron chi connectivity index (χ4n) is 2.52. The van der Waals surface area contributed by atoms with E-state index in [-0.39, 0.29) is 17.7 Å². The van der Waals surface area contributed by atoms with E-state index in [1.165, 1.54) is 0 Å². The quantitative estimate of drug-likeness (QED) is 0.737. The third kappa shape index (κ3) is 4.35. The van der Waals surface area contributed by atoms with Crippen molar-refractivity contribution < 1.29 is 14.7 Å². The van der Waals surface area contributed by atoms with Crippen molar-refractivity contribution in [3.8, 4) is 0 Å². The maximum absolute atomic E-state index is 11.9. The Morgan fingerprint density at radius 3 is 2.45 bits per heavy atom. The molecule has 1 aliphatic rings. The van der Waals surface area contributed by atoms with Crippen molar-refractivity contribution in [1.82, 2.24) is 5.32 Å². The first kappa shape index (κ1) is 17.1. The Kier molecular flexibility index (Phi) is 6.06. The summed E-state index contributed by atoms with van der Waals surface area (Å²) in [5.41, 5.74) is 0.304. The molecule has 0 unspecified atom stereocenters. The van der Waals surface area contributed by atoms with Crippen molar-refractivity contribution in [2.45, 2.75) is 31.7 Å². The Hall–Kier alpha value is -1.30. The minimum atomic E-state index is -0.770. The molecule has 0 atom stereocenters. The summed E-state index contributed by atoms with van der Waals surface area (Å²) in [6, 6.07) is 4.78. The standard InChI is InChI=1S/C15H18Cl2N2O3/c16-11-2-1-3-12(13(11)17)19-15(22)14(21)18-10-6-4-9(8-20)5-7-10/h1-3,9-10,20H,4-8H2,(H,18,21)(H,19,22). The zero-order chi connectivity index (χ0) is 16.1. The van der Waals surface area contributed by atoms with E-state index in [2.05, 4.69) is 10.6 Å². The van der Waals surface area contributed by atoms with Crippen molar-refractivity contribution in [1.29, 1.82) is 0 Å². The van der Waals surface area contributed by atoms with E-state index in [0.29, 0.717) is 16.6 Å². The Balaban J connectivity index is 1.87. The molecule has 2 rings (SSSR count). The van der Waals surface area contributed by atoms with Gasteiger partial charge >= 0.3 is 11.8 Å². The number of nitrogens with one attached hydrogen (secondary N) is 2. The lowest BCUT2D eigenvalue weighted by Crippen LogP contribution is -2.43. The van der Waals surface area contributed by atoms with Crippen LogP contribution in [-0.2, 0) is 9.59 Å². The molecule has 2 amide bonds. The van der Waals surface area contributed by atoms with Gasteiger partial charge in [0.05, 0.1) is 15.7 Å². The highest BCUT2D eigenvalue weighted by Crippen LogP contribution is 2.29. The number of benzene rings is 1. The summed E-state index contributed by atoms with van der Waals surface area (Å²) in [5, 5.41) is 14.8. The number of aliphatic hydroxyl groups is 1. The van der Waals surface area contributed by atoms with Crippen LogP contribution in [-0.4, -0.2) is 29.6 Å². The van der Waals surface area contributed by atoms with Crippen LogP contribution in [0.25, 0.3) is 0 Å². The highest BCUT2D eigenvalue weighted by Gasteiger charge is 2.24. The lowest BCUT2D eigenvalue weighted by molar-refractivity contribution is -0.136. The lowest BCUT2D eigenvalue weighted by atomic mass is 9.86. The number of carbonyl (C=O) groups excluding carboxylic acids is 2. The minimum Gasteiger partial charge on any atom is -0.396 e. The molecule has 3 N–H and O–H groups in total. The average molecular weight is 345 g/mol. The summed E-state index contributed by atoms with van der Waals surface area (Å²) < 4.78 is 0. The number of halogens is 2. The van der Waals surface area contributed by atoms with E-state index in [1.807, 2.05) is 0 Å².